The summed E-state index contributed by atoms with van der Waals surface area (Å²) in [5.41, 5.74) is -3.09. The Bertz CT molecular complexity index is 1260. The van der Waals surface area contributed by atoms with Crippen LogP contribution in [0.3, 0.4) is 0 Å². The van der Waals surface area contributed by atoms with Crippen LogP contribution in [-0.4, -0.2) is 46.0 Å². The van der Waals surface area contributed by atoms with Gasteiger partial charge in [-0.3, -0.25) is 4.79 Å². The minimum Gasteiger partial charge on any atom is -0.477 e. The van der Waals surface area contributed by atoms with Crippen LogP contribution in [0.1, 0.15) is 70.3 Å². The Morgan fingerprint density at radius 1 is 1.14 bits per heavy atom. The fourth-order valence-electron chi connectivity index (χ4n) is 4.74. The van der Waals surface area contributed by atoms with Gasteiger partial charge in [0.1, 0.15) is 22.7 Å². The highest BCUT2D eigenvalue weighted by atomic mass is 19.1. The lowest BCUT2D eigenvalue weighted by Gasteiger charge is -2.34. The van der Waals surface area contributed by atoms with E-state index in [0.717, 1.165) is 25.1 Å². The topological polar surface area (TPSA) is 101 Å². The third-order valence-electron chi connectivity index (χ3n) is 6.70. The minimum atomic E-state index is -1.43. The van der Waals surface area contributed by atoms with Crippen LogP contribution in [0.4, 0.5) is 19.3 Å². The van der Waals surface area contributed by atoms with Gasteiger partial charge < -0.3 is 24.6 Å². The maximum Gasteiger partial charge on any atom is 0.408 e. The first kappa shape index (κ1) is 24.9. The normalized spacial score (nSPS) is 18.7. The molecule has 2 aliphatic rings. The van der Waals surface area contributed by atoms with Gasteiger partial charge in [0.15, 0.2) is 5.82 Å². The van der Waals surface area contributed by atoms with Crippen molar-refractivity contribution in [2.75, 3.05) is 18.0 Å². The molecule has 190 valence electrons. The molecule has 4 rings (SSSR count). The maximum atomic E-state index is 15.9. The van der Waals surface area contributed by atoms with Gasteiger partial charge in [-0.1, -0.05) is 0 Å². The molecule has 0 radical (unpaired) electrons. The average Bonchev–Trinajstić information content (AvgIpc) is 3.43. The predicted octanol–water partition coefficient (Wildman–Crippen LogP) is 4.44. The van der Waals surface area contributed by atoms with Gasteiger partial charge in [-0.15, -0.1) is 0 Å². The van der Waals surface area contributed by atoms with Crippen LogP contribution in [0.25, 0.3) is 10.9 Å². The zero-order valence-corrected chi connectivity index (χ0v) is 20.6. The van der Waals surface area contributed by atoms with Crippen molar-refractivity contribution >= 4 is 28.7 Å². The molecule has 8 nitrogen and oxygen atoms in total. The number of aromatic carboxylic acids is 1. The molecule has 1 aromatic heterocycles. The van der Waals surface area contributed by atoms with E-state index < -0.39 is 45.8 Å². The van der Waals surface area contributed by atoms with Crippen LogP contribution < -0.4 is 15.6 Å². The number of fused-ring (bicyclic) bond motifs is 1. The van der Waals surface area contributed by atoms with Gasteiger partial charge in [-0.05, 0) is 59.9 Å². The second-order valence-corrected chi connectivity index (χ2v) is 11.0. The number of hydrogen-bond acceptors (Lipinski definition) is 5. The van der Waals surface area contributed by atoms with Crippen molar-refractivity contribution in [1.82, 2.24) is 9.88 Å². The second kappa shape index (κ2) is 8.49. The van der Waals surface area contributed by atoms with E-state index in [1.807, 2.05) is 13.8 Å². The number of anilines is 1. The molecule has 1 aromatic carbocycles. The summed E-state index contributed by atoms with van der Waals surface area (Å²) in [6.07, 6.45) is 2.62. The maximum absolute atomic E-state index is 15.9. The number of carbonyl (C=O) groups is 2. The Kier molecular flexibility index (Phi) is 6.05. The SMILES string of the molecule is CC(C)(C)OC(=O)NC(C)(C)C1CCN(c2c(F)cc3c(=O)c(C(=O)O)cn(C4CC4)c3c2F)C1. The van der Waals surface area contributed by atoms with Gasteiger partial charge in [0.05, 0.1) is 10.9 Å². The van der Waals surface area contributed by atoms with Crippen molar-refractivity contribution in [1.29, 1.82) is 0 Å². The van der Waals surface area contributed by atoms with Gasteiger partial charge in [0.2, 0.25) is 5.43 Å². The van der Waals surface area contributed by atoms with E-state index >= 15 is 8.78 Å². The Hall–Kier alpha value is -3.17. The molecule has 10 heteroatoms. The highest BCUT2D eigenvalue weighted by Crippen LogP contribution is 2.41. The lowest BCUT2D eigenvalue weighted by Crippen LogP contribution is -2.51. The van der Waals surface area contributed by atoms with E-state index in [1.54, 1.807) is 25.7 Å². The molecule has 2 N–H and O–H groups in total. The van der Waals surface area contributed by atoms with Crippen LogP contribution in [0.5, 0.6) is 0 Å². The van der Waals surface area contributed by atoms with Gasteiger partial charge in [-0.25, -0.2) is 18.4 Å². The molecular formula is C25H31F2N3O5. The number of carboxylic acids is 1. The summed E-state index contributed by atoms with van der Waals surface area (Å²) in [6.45, 7) is 9.62. The Morgan fingerprint density at radius 2 is 1.80 bits per heavy atom. The number of halogens is 2. The van der Waals surface area contributed by atoms with E-state index in [4.69, 9.17) is 4.74 Å². The number of rotatable bonds is 5. The first-order valence-electron chi connectivity index (χ1n) is 11.8. The molecule has 1 aliphatic heterocycles. The molecule has 1 saturated carbocycles. The smallest absolute Gasteiger partial charge is 0.408 e. The highest BCUT2D eigenvalue weighted by molar-refractivity contribution is 5.94. The Balaban J connectivity index is 1.68. The molecule has 1 aliphatic carbocycles. The number of pyridine rings is 1. The van der Waals surface area contributed by atoms with E-state index in [2.05, 4.69) is 5.32 Å². The molecule has 1 atom stereocenters. The number of carbonyl (C=O) groups excluding carboxylic acids is 1. The summed E-state index contributed by atoms with van der Waals surface area (Å²) in [7, 11) is 0. The number of nitrogens with one attached hydrogen (secondary N) is 1. The van der Waals surface area contributed by atoms with E-state index in [0.29, 0.717) is 13.0 Å². The van der Waals surface area contributed by atoms with Crippen LogP contribution in [-0.2, 0) is 4.74 Å². The van der Waals surface area contributed by atoms with E-state index in [1.165, 1.54) is 4.57 Å². The third kappa shape index (κ3) is 4.83. The summed E-state index contributed by atoms with van der Waals surface area (Å²) in [5.74, 6) is -3.35. The van der Waals surface area contributed by atoms with Gasteiger partial charge in [0.25, 0.3) is 0 Å². The molecule has 1 unspecified atom stereocenters. The molecule has 0 spiro atoms. The van der Waals surface area contributed by atoms with Crippen molar-refractivity contribution < 1.29 is 28.2 Å². The molecule has 1 amide bonds. The molecule has 2 heterocycles. The summed E-state index contributed by atoms with van der Waals surface area (Å²) < 4.78 is 37.9. The van der Waals surface area contributed by atoms with Crippen molar-refractivity contribution in [3.63, 3.8) is 0 Å². The molecule has 2 aromatic rings. The number of carboxylic acid groups (broad SMARTS) is 1. The molecule has 0 bridgehead atoms. The number of alkyl carbamates (subject to hydrolysis) is 1. The number of ether oxygens (including phenoxy) is 1. The third-order valence-corrected chi connectivity index (χ3v) is 6.70. The Labute approximate surface area is 201 Å². The Morgan fingerprint density at radius 3 is 2.37 bits per heavy atom. The van der Waals surface area contributed by atoms with Crippen LogP contribution in [0.15, 0.2) is 17.1 Å². The van der Waals surface area contributed by atoms with Crippen LogP contribution in [0, 0.1) is 17.6 Å². The van der Waals surface area contributed by atoms with Crippen molar-refractivity contribution in [2.45, 2.75) is 71.1 Å². The highest BCUT2D eigenvalue weighted by Gasteiger charge is 2.39. The summed E-state index contributed by atoms with van der Waals surface area (Å²) in [4.78, 5) is 38.1. The van der Waals surface area contributed by atoms with E-state index in [-0.39, 0.29) is 35.1 Å². The fraction of sp³-hybridized carbons (Fsp3) is 0.560. The lowest BCUT2D eigenvalue weighted by molar-refractivity contribution is 0.0441. The number of amides is 1. The molecular weight excluding hydrogens is 460 g/mol. The minimum absolute atomic E-state index is 0.0755. The number of nitrogens with zero attached hydrogens (tertiary/aromatic N) is 2. The monoisotopic (exact) mass is 491 g/mol. The standard InChI is InChI=1S/C25H31F2N3O5/c1-24(2,3)35-23(34)28-25(4,5)13-8-9-29(11-13)20-17(26)10-15-19(18(20)27)30(14-6-7-14)12-16(21(15)31)22(32)33/h10,12-14H,6-9,11H2,1-5H3,(H,28,34)(H,32,33). The lowest BCUT2D eigenvalue weighted by atomic mass is 9.87. The molecule has 35 heavy (non-hydrogen) atoms. The first-order valence-corrected chi connectivity index (χ1v) is 11.8. The van der Waals surface area contributed by atoms with Crippen molar-refractivity contribution in [2.24, 2.45) is 5.92 Å². The zero-order valence-electron chi connectivity index (χ0n) is 20.6. The summed E-state index contributed by atoms with van der Waals surface area (Å²) in [6, 6.07) is 0.811. The van der Waals surface area contributed by atoms with Crippen LogP contribution in [0.2, 0.25) is 0 Å². The number of benzene rings is 1. The van der Waals surface area contributed by atoms with Gasteiger partial charge in [-0.2, -0.15) is 0 Å². The predicted molar refractivity (Wildman–Crippen MR) is 127 cm³/mol. The largest absolute Gasteiger partial charge is 0.477 e. The van der Waals surface area contributed by atoms with Crippen molar-refractivity contribution in [3.8, 4) is 0 Å². The average molecular weight is 492 g/mol. The van der Waals surface area contributed by atoms with E-state index in [9.17, 15) is 19.5 Å². The summed E-state index contributed by atoms with van der Waals surface area (Å²) in [5, 5.41) is 12.0. The fourth-order valence-corrected chi connectivity index (χ4v) is 4.74. The summed E-state index contributed by atoms with van der Waals surface area (Å²) >= 11 is 0. The first-order chi connectivity index (χ1) is 16.2. The van der Waals surface area contributed by atoms with Crippen LogP contribution >= 0.6 is 0 Å². The van der Waals surface area contributed by atoms with Crippen molar-refractivity contribution in [3.05, 3.63) is 39.7 Å². The number of hydrogen-bond donors (Lipinski definition) is 2. The number of aromatic nitrogens is 1. The van der Waals surface area contributed by atoms with Gasteiger partial charge >= 0.3 is 12.1 Å². The van der Waals surface area contributed by atoms with Gasteiger partial charge in [0, 0.05) is 36.8 Å². The second-order valence-electron chi connectivity index (χ2n) is 11.0. The molecule has 1 saturated heterocycles. The molecule has 2 fully saturated rings. The zero-order chi connectivity index (χ0) is 25.9. The quantitative estimate of drug-likeness (QED) is 0.641.